The zero-order chi connectivity index (χ0) is 17.2. The van der Waals surface area contributed by atoms with E-state index in [2.05, 4.69) is 10.6 Å². The molecule has 2 aromatic carbocycles. The van der Waals surface area contributed by atoms with Crippen LogP contribution in [0.4, 0.5) is 5.69 Å². The van der Waals surface area contributed by atoms with Crippen LogP contribution in [-0.2, 0) is 16.1 Å². The highest BCUT2D eigenvalue weighted by atomic mass is 16.7. The zero-order valence-electron chi connectivity index (χ0n) is 13.5. The molecule has 1 aliphatic heterocycles. The summed E-state index contributed by atoms with van der Waals surface area (Å²) in [5.74, 6) is 0.542. The van der Waals surface area contributed by atoms with Crippen molar-refractivity contribution >= 4 is 17.5 Å². The summed E-state index contributed by atoms with van der Waals surface area (Å²) in [4.78, 5) is 24.5. The molecule has 0 aromatic heterocycles. The van der Waals surface area contributed by atoms with Gasteiger partial charge in [-0.3, -0.25) is 9.59 Å². The van der Waals surface area contributed by atoms with Crippen molar-refractivity contribution < 1.29 is 19.1 Å². The molecule has 0 spiro atoms. The lowest BCUT2D eigenvalue weighted by Crippen LogP contribution is -2.27. The zero-order valence-corrected chi connectivity index (χ0v) is 13.5. The summed E-state index contributed by atoms with van der Waals surface area (Å²) < 4.78 is 10.5. The minimum Gasteiger partial charge on any atom is -0.454 e. The van der Waals surface area contributed by atoms with Crippen LogP contribution in [-0.4, -0.2) is 18.6 Å². The fourth-order valence-corrected chi connectivity index (χ4v) is 2.90. The van der Waals surface area contributed by atoms with E-state index in [9.17, 15) is 9.59 Å². The van der Waals surface area contributed by atoms with Gasteiger partial charge in [-0.25, -0.2) is 0 Å². The van der Waals surface area contributed by atoms with E-state index in [1.54, 1.807) is 18.2 Å². The monoisotopic (exact) mass is 338 g/mol. The van der Waals surface area contributed by atoms with E-state index < -0.39 is 0 Å². The van der Waals surface area contributed by atoms with Crippen molar-refractivity contribution in [2.45, 2.75) is 13.0 Å². The van der Waals surface area contributed by atoms with Crippen LogP contribution in [0.3, 0.4) is 0 Å². The van der Waals surface area contributed by atoms with E-state index in [0.717, 1.165) is 5.56 Å². The van der Waals surface area contributed by atoms with Crippen LogP contribution in [0.15, 0.2) is 48.5 Å². The van der Waals surface area contributed by atoms with Gasteiger partial charge in [-0.1, -0.05) is 30.3 Å². The number of hydrogen-bond donors (Lipinski definition) is 2. The Balaban J connectivity index is 1.29. The molecule has 1 aliphatic carbocycles. The van der Waals surface area contributed by atoms with E-state index in [1.807, 2.05) is 30.3 Å². The Morgan fingerprint density at radius 1 is 0.960 bits per heavy atom. The molecule has 1 saturated carbocycles. The highest BCUT2D eigenvalue weighted by Crippen LogP contribution is 2.40. The maximum Gasteiger partial charge on any atom is 0.231 e. The molecule has 0 radical (unpaired) electrons. The molecule has 2 aliphatic rings. The average Bonchev–Trinajstić information content (AvgIpc) is 3.31. The number of fused-ring (bicyclic) bond motifs is 1. The minimum atomic E-state index is -0.277. The Hall–Kier alpha value is -3.02. The van der Waals surface area contributed by atoms with E-state index in [-0.39, 0.29) is 30.4 Å². The number of anilines is 1. The molecule has 1 heterocycles. The lowest BCUT2D eigenvalue weighted by atomic mass is 10.2. The quantitative estimate of drug-likeness (QED) is 0.877. The standard InChI is InChI=1S/C19H18N2O4/c22-18(20-10-12-4-2-1-3-5-12)14-9-15(14)19(23)21-13-6-7-16-17(8-13)25-11-24-16/h1-8,14-15H,9-11H2,(H,20,22)(H,21,23). The van der Waals surface area contributed by atoms with E-state index in [1.165, 1.54) is 0 Å². The number of rotatable bonds is 5. The first kappa shape index (κ1) is 15.5. The summed E-state index contributed by atoms with van der Waals surface area (Å²) >= 11 is 0. The Kier molecular flexibility index (Phi) is 4.01. The molecular weight excluding hydrogens is 320 g/mol. The molecule has 2 atom stereocenters. The molecule has 2 N–H and O–H groups in total. The highest BCUT2D eigenvalue weighted by Gasteiger charge is 2.47. The van der Waals surface area contributed by atoms with Crippen LogP contribution in [0, 0.1) is 11.8 Å². The summed E-state index contributed by atoms with van der Waals surface area (Å²) in [6, 6.07) is 15.0. The van der Waals surface area contributed by atoms with Gasteiger partial charge in [0.2, 0.25) is 18.6 Å². The molecule has 1 fully saturated rings. The van der Waals surface area contributed by atoms with Crippen LogP contribution in [0.1, 0.15) is 12.0 Å². The summed E-state index contributed by atoms with van der Waals surface area (Å²) in [5, 5.41) is 5.73. The minimum absolute atomic E-state index is 0.0744. The lowest BCUT2D eigenvalue weighted by Gasteiger charge is -2.07. The fourth-order valence-electron chi connectivity index (χ4n) is 2.90. The van der Waals surface area contributed by atoms with Crippen molar-refractivity contribution in [1.29, 1.82) is 0 Å². The van der Waals surface area contributed by atoms with Crippen LogP contribution >= 0.6 is 0 Å². The lowest BCUT2D eigenvalue weighted by molar-refractivity contribution is -0.125. The largest absolute Gasteiger partial charge is 0.454 e. The van der Waals surface area contributed by atoms with Gasteiger partial charge in [-0.2, -0.15) is 0 Å². The molecule has 0 saturated heterocycles. The van der Waals surface area contributed by atoms with Gasteiger partial charge in [-0.05, 0) is 24.1 Å². The van der Waals surface area contributed by atoms with E-state index >= 15 is 0 Å². The second-order valence-corrected chi connectivity index (χ2v) is 6.21. The smallest absolute Gasteiger partial charge is 0.231 e. The van der Waals surface area contributed by atoms with Crippen LogP contribution in [0.25, 0.3) is 0 Å². The Morgan fingerprint density at radius 2 is 1.72 bits per heavy atom. The van der Waals surface area contributed by atoms with Crippen molar-refractivity contribution in [3.8, 4) is 11.5 Å². The maximum atomic E-state index is 12.3. The summed E-state index contributed by atoms with van der Waals surface area (Å²) in [7, 11) is 0. The van der Waals surface area contributed by atoms with Crippen molar-refractivity contribution in [2.24, 2.45) is 11.8 Å². The molecule has 2 unspecified atom stereocenters. The molecule has 128 valence electrons. The second kappa shape index (κ2) is 6.47. The molecule has 2 amide bonds. The van der Waals surface area contributed by atoms with Crippen molar-refractivity contribution in [2.75, 3.05) is 12.1 Å². The van der Waals surface area contributed by atoms with Crippen molar-refractivity contribution in [3.05, 3.63) is 54.1 Å². The second-order valence-electron chi connectivity index (χ2n) is 6.21. The van der Waals surface area contributed by atoms with Crippen molar-refractivity contribution in [1.82, 2.24) is 5.32 Å². The van der Waals surface area contributed by atoms with Gasteiger partial charge < -0.3 is 20.1 Å². The summed E-state index contributed by atoms with van der Waals surface area (Å²) in [6.45, 7) is 0.672. The fraction of sp³-hybridized carbons (Fsp3) is 0.263. The molecule has 2 aromatic rings. The Labute approximate surface area is 145 Å². The maximum absolute atomic E-state index is 12.3. The van der Waals surface area contributed by atoms with Gasteiger partial charge in [0.1, 0.15) is 0 Å². The molecule has 4 rings (SSSR count). The highest BCUT2D eigenvalue weighted by molar-refractivity contribution is 5.99. The van der Waals surface area contributed by atoms with Crippen LogP contribution in [0.5, 0.6) is 11.5 Å². The van der Waals surface area contributed by atoms with Gasteiger partial charge in [0, 0.05) is 18.3 Å². The Morgan fingerprint density at radius 3 is 2.56 bits per heavy atom. The molecule has 6 nitrogen and oxygen atoms in total. The predicted molar refractivity (Wildman–Crippen MR) is 91.1 cm³/mol. The molecule has 6 heteroatoms. The third-order valence-corrected chi connectivity index (χ3v) is 4.41. The van der Waals surface area contributed by atoms with Gasteiger partial charge in [-0.15, -0.1) is 0 Å². The van der Waals surface area contributed by atoms with Gasteiger partial charge >= 0.3 is 0 Å². The molecular formula is C19H18N2O4. The number of ether oxygens (including phenoxy) is 2. The molecule has 25 heavy (non-hydrogen) atoms. The first-order valence-electron chi connectivity index (χ1n) is 8.23. The topological polar surface area (TPSA) is 76.7 Å². The number of nitrogens with one attached hydrogen (secondary N) is 2. The Bertz CT molecular complexity index is 806. The first-order valence-corrected chi connectivity index (χ1v) is 8.23. The predicted octanol–water partition coefficient (Wildman–Crippen LogP) is 2.31. The third kappa shape index (κ3) is 3.42. The van der Waals surface area contributed by atoms with Crippen LogP contribution in [0.2, 0.25) is 0 Å². The summed E-state index contributed by atoms with van der Waals surface area (Å²) in [6.07, 6.45) is 0.580. The van der Waals surface area contributed by atoms with E-state index in [0.29, 0.717) is 30.2 Å². The van der Waals surface area contributed by atoms with Gasteiger partial charge in [0.05, 0.1) is 11.8 Å². The van der Waals surface area contributed by atoms with Gasteiger partial charge in [0.15, 0.2) is 11.5 Å². The number of carbonyl (C=O) groups is 2. The number of benzene rings is 2. The SMILES string of the molecule is O=C(NCc1ccccc1)C1CC1C(=O)Nc1ccc2c(c1)OCO2. The summed E-state index contributed by atoms with van der Waals surface area (Å²) in [5.41, 5.74) is 1.68. The normalized spacial score (nSPS) is 20.0. The number of amides is 2. The number of carbonyl (C=O) groups excluding carboxylic acids is 2. The first-order chi connectivity index (χ1) is 12.2. The third-order valence-electron chi connectivity index (χ3n) is 4.41. The van der Waals surface area contributed by atoms with Crippen molar-refractivity contribution in [3.63, 3.8) is 0 Å². The molecule has 0 bridgehead atoms. The average molecular weight is 338 g/mol. The van der Waals surface area contributed by atoms with Crippen LogP contribution < -0.4 is 20.1 Å². The van der Waals surface area contributed by atoms with Gasteiger partial charge in [0.25, 0.3) is 0 Å². The number of hydrogen-bond acceptors (Lipinski definition) is 4. The van der Waals surface area contributed by atoms with E-state index in [4.69, 9.17) is 9.47 Å².